The minimum Gasteiger partial charge on any atom is -0.493 e. The summed E-state index contributed by atoms with van der Waals surface area (Å²) in [5, 5.41) is 3.42. The molecule has 0 unspecified atom stereocenters. The van der Waals surface area contributed by atoms with E-state index >= 15 is 0 Å². The van der Waals surface area contributed by atoms with Gasteiger partial charge in [-0.15, -0.1) is 0 Å². The molecule has 0 saturated heterocycles. The second kappa shape index (κ2) is 10.7. The molecule has 0 radical (unpaired) electrons. The first-order valence-corrected chi connectivity index (χ1v) is 12.2. The highest BCUT2D eigenvalue weighted by Gasteiger charge is 2.42. The number of ether oxygens (including phenoxy) is 2. The van der Waals surface area contributed by atoms with E-state index in [1.165, 1.54) is 0 Å². The third kappa shape index (κ3) is 4.79. The number of Topliss-reactive ketones (excluding diaryl/α,β-unsaturated/α-hetero) is 1. The molecule has 34 heavy (non-hydrogen) atoms. The molecule has 0 saturated carbocycles. The lowest BCUT2D eigenvalue weighted by Crippen LogP contribution is -2.36. The van der Waals surface area contributed by atoms with Crippen LogP contribution < -0.4 is 10.1 Å². The lowest BCUT2D eigenvalue weighted by molar-refractivity contribution is -0.139. The van der Waals surface area contributed by atoms with Crippen LogP contribution in [0.4, 0.5) is 0 Å². The summed E-state index contributed by atoms with van der Waals surface area (Å²) in [5.74, 6) is -0.0287. The van der Waals surface area contributed by atoms with E-state index < -0.39 is 5.92 Å². The van der Waals surface area contributed by atoms with Crippen molar-refractivity contribution in [3.63, 3.8) is 0 Å². The van der Waals surface area contributed by atoms with Crippen molar-refractivity contribution < 1.29 is 19.1 Å². The van der Waals surface area contributed by atoms with Gasteiger partial charge in [0.15, 0.2) is 5.78 Å². The molecular weight excluding hydrogens is 426 g/mol. The summed E-state index contributed by atoms with van der Waals surface area (Å²) in [4.78, 5) is 26.9. The van der Waals surface area contributed by atoms with Gasteiger partial charge in [0.05, 0.1) is 24.7 Å². The van der Waals surface area contributed by atoms with Gasteiger partial charge < -0.3 is 14.8 Å². The minimum absolute atomic E-state index is 0.0613. The van der Waals surface area contributed by atoms with E-state index in [0.29, 0.717) is 43.0 Å². The van der Waals surface area contributed by atoms with Crippen LogP contribution in [0.25, 0.3) is 0 Å². The molecule has 2 aromatic carbocycles. The molecule has 0 fully saturated rings. The van der Waals surface area contributed by atoms with E-state index in [4.69, 9.17) is 9.47 Å². The van der Waals surface area contributed by atoms with Crippen molar-refractivity contribution in [2.75, 3.05) is 13.2 Å². The molecule has 2 atom stereocenters. The maximum absolute atomic E-state index is 13.7. The first-order chi connectivity index (χ1) is 16.5. The molecule has 1 N–H and O–H groups in total. The molecule has 0 aromatic heterocycles. The lowest BCUT2D eigenvalue weighted by atomic mass is 9.71. The summed E-state index contributed by atoms with van der Waals surface area (Å²) in [7, 11) is 0. The number of nitrogens with one attached hydrogen (secondary N) is 1. The largest absolute Gasteiger partial charge is 0.493 e. The van der Waals surface area contributed by atoms with Crippen molar-refractivity contribution >= 4 is 11.8 Å². The number of esters is 1. The molecular formula is C29H33NO4. The van der Waals surface area contributed by atoms with Gasteiger partial charge in [-0.2, -0.15) is 0 Å². The van der Waals surface area contributed by atoms with E-state index in [9.17, 15) is 9.59 Å². The van der Waals surface area contributed by atoms with Crippen LogP contribution >= 0.6 is 0 Å². The summed E-state index contributed by atoms with van der Waals surface area (Å²) in [6, 6.07) is 17.9. The Morgan fingerprint density at radius 2 is 1.68 bits per heavy atom. The van der Waals surface area contributed by atoms with Gasteiger partial charge in [-0.25, -0.2) is 4.79 Å². The fraction of sp³-hybridized carbons (Fsp3) is 0.379. The smallest absolute Gasteiger partial charge is 0.336 e. The Kier molecular flexibility index (Phi) is 7.51. The first-order valence-electron chi connectivity index (χ1n) is 12.2. The van der Waals surface area contributed by atoms with Crippen molar-refractivity contribution in [1.29, 1.82) is 0 Å². The summed E-state index contributed by atoms with van der Waals surface area (Å²) < 4.78 is 11.6. The quantitative estimate of drug-likeness (QED) is 0.506. The van der Waals surface area contributed by atoms with E-state index in [0.717, 1.165) is 35.4 Å². The van der Waals surface area contributed by atoms with Gasteiger partial charge in [-0.05, 0) is 43.7 Å². The molecule has 5 heteroatoms. The van der Waals surface area contributed by atoms with Crippen LogP contribution in [0, 0.1) is 0 Å². The van der Waals surface area contributed by atoms with Crippen LogP contribution in [0.2, 0.25) is 0 Å². The molecule has 1 aliphatic heterocycles. The topological polar surface area (TPSA) is 64.6 Å². The number of rotatable bonds is 8. The average Bonchev–Trinajstić information content (AvgIpc) is 2.85. The molecule has 0 spiro atoms. The van der Waals surface area contributed by atoms with Crippen LogP contribution in [0.15, 0.2) is 77.1 Å². The average molecular weight is 460 g/mol. The standard InChI is InChI=1S/C29H33NO4/c1-4-15-33-25-14-10-9-13-22(25)27-26(29(32)34-16-5-2)19(3)30-23-17-21(18-24(31)28(23)27)20-11-7-6-8-12-20/h6-14,21,27,30H,4-5,15-18H2,1-3H3/t21-,27-/m1/s1. The maximum Gasteiger partial charge on any atom is 0.336 e. The molecule has 5 nitrogen and oxygen atoms in total. The van der Waals surface area contributed by atoms with Crippen LogP contribution in [0.3, 0.4) is 0 Å². The minimum atomic E-state index is -0.516. The van der Waals surface area contributed by atoms with Crippen LogP contribution in [0.1, 0.15) is 69.4 Å². The number of hydrogen-bond acceptors (Lipinski definition) is 5. The number of para-hydroxylation sites is 1. The summed E-state index contributed by atoms with van der Waals surface area (Å²) in [6.07, 6.45) is 2.73. The molecule has 4 rings (SSSR count). The Morgan fingerprint density at radius 3 is 2.41 bits per heavy atom. The van der Waals surface area contributed by atoms with Crippen molar-refractivity contribution in [3.05, 3.63) is 88.3 Å². The third-order valence-corrected chi connectivity index (χ3v) is 6.45. The van der Waals surface area contributed by atoms with Gasteiger partial charge in [-0.3, -0.25) is 4.79 Å². The molecule has 1 aliphatic carbocycles. The molecule has 2 aromatic rings. The number of allylic oxidation sites excluding steroid dienone is 3. The fourth-order valence-electron chi connectivity index (χ4n) is 4.92. The zero-order valence-electron chi connectivity index (χ0n) is 20.2. The highest BCUT2D eigenvalue weighted by Crippen LogP contribution is 2.47. The van der Waals surface area contributed by atoms with E-state index in [-0.39, 0.29) is 17.7 Å². The lowest BCUT2D eigenvalue weighted by Gasteiger charge is -2.37. The summed E-state index contributed by atoms with van der Waals surface area (Å²) in [5.41, 5.74) is 4.77. The molecule has 178 valence electrons. The highest BCUT2D eigenvalue weighted by molar-refractivity contribution is 6.04. The molecule has 2 aliphatic rings. The van der Waals surface area contributed by atoms with E-state index in [1.807, 2.05) is 56.3 Å². The SMILES string of the molecule is CCCOC(=O)C1=C(C)NC2=C(C(=O)C[C@H](c3ccccc3)C2)[C@@H]1c1ccccc1OCCC. The summed E-state index contributed by atoms with van der Waals surface area (Å²) in [6.45, 7) is 6.82. The zero-order valence-corrected chi connectivity index (χ0v) is 20.2. The molecule has 1 heterocycles. The Hall–Kier alpha value is -3.34. The molecule has 0 bridgehead atoms. The zero-order chi connectivity index (χ0) is 24.1. The fourth-order valence-corrected chi connectivity index (χ4v) is 4.92. The van der Waals surface area contributed by atoms with E-state index in [1.54, 1.807) is 0 Å². The number of hydrogen-bond donors (Lipinski definition) is 1. The summed E-state index contributed by atoms with van der Waals surface area (Å²) >= 11 is 0. The van der Waals surface area contributed by atoms with Gasteiger partial charge in [0.25, 0.3) is 0 Å². The van der Waals surface area contributed by atoms with Gasteiger partial charge in [0.2, 0.25) is 0 Å². The number of carbonyl (C=O) groups is 2. The van der Waals surface area contributed by atoms with Crippen LogP contribution in [-0.4, -0.2) is 25.0 Å². The monoisotopic (exact) mass is 459 g/mol. The van der Waals surface area contributed by atoms with Crippen molar-refractivity contribution in [1.82, 2.24) is 5.32 Å². The highest BCUT2D eigenvalue weighted by atomic mass is 16.5. The number of ketones is 1. The van der Waals surface area contributed by atoms with E-state index in [2.05, 4.69) is 24.4 Å². The van der Waals surface area contributed by atoms with Crippen LogP contribution in [-0.2, 0) is 14.3 Å². The normalized spacial score (nSPS) is 20.0. The van der Waals surface area contributed by atoms with Crippen molar-refractivity contribution in [2.45, 2.75) is 58.3 Å². The van der Waals surface area contributed by atoms with Crippen molar-refractivity contribution in [2.24, 2.45) is 0 Å². The van der Waals surface area contributed by atoms with Gasteiger partial charge in [0, 0.05) is 29.0 Å². The Balaban J connectivity index is 1.81. The number of dihydropyridines is 1. The third-order valence-electron chi connectivity index (χ3n) is 6.45. The number of benzene rings is 2. The predicted octanol–water partition coefficient (Wildman–Crippen LogP) is 5.79. The second-order valence-electron chi connectivity index (χ2n) is 8.95. The van der Waals surface area contributed by atoms with Crippen LogP contribution in [0.5, 0.6) is 5.75 Å². The Labute approximate surface area is 201 Å². The molecule has 0 amide bonds. The van der Waals surface area contributed by atoms with Crippen molar-refractivity contribution in [3.8, 4) is 5.75 Å². The Morgan fingerprint density at radius 1 is 0.971 bits per heavy atom. The maximum atomic E-state index is 13.7. The van der Waals surface area contributed by atoms with Gasteiger partial charge >= 0.3 is 5.97 Å². The first kappa shape index (κ1) is 23.8. The number of carbonyl (C=O) groups excluding carboxylic acids is 2. The van der Waals surface area contributed by atoms with Gasteiger partial charge in [-0.1, -0.05) is 62.4 Å². The predicted molar refractivity (Wildman–Crippen MR) is 133 cm³/mol. The van der Waals surface area contributed by atoms with Gasteiger partial charge in [0.1, 0.15) is 5.75 Å². The second-order valence-corrected chi connectivity index (χ2v) is 8.95. The Bertz CT molecular complexity index is 1120.